The van der Waals surface area contributed by atoms with Crippen LogP contribution in [0.4, 0.5) is 0 Å². The Balaban J connectivity index is 3.01. The van der Waals surface area contributed by atoms with E-state index in [-0.39, 0.29) is 25.0 Å². The van der Waals surface area contributed by atoms with Gasteiger partial charge in [-0.15, -0.1) is 0 Å². The minimum absolute atomic E-state index is 0.131. The predicted molar refractivity (Wildman–Crippen MR) is 118 cm³/mol. The molecule has 0 spiro atoms. The van der Waals surface area contributed by atoms with Crippen LogP contribution < -0.4 is 27.4 Å². The Morgan fingerprint density at radius 3 is 2.09 bits per heavy atom. The highest BCUT2D eigenvalue weighted by molar-refractivity contribution is 7.80. The number of nitrogens with one attached hydrogen (secondary N) is 4. The normalized spacial score (nSPS) is 14.2. The van der Waals surface area contributed by atoms with Crippen LogP contribution >= 0.6 is 12.6 Å². The number of carboxylic acids is 2. The van der Waals surface area contributed by atoms with E-state index >= 15 is 0 Å². The molecule has 4 atom stereocenters. The number of carboxylic acid groups (broad SMARTS) is 2. The number of thiol groups is 1. The highest BCUT2D eigenvalue weighted by Gasteiger charge is 2.31. The van der Waals surface area contributed by atoms with E-state index in [1.54, 1.807) is 0 Å². The van der Waals surface area contributed by atoms with Gasteiger partial charge in [0.15, 0.2) is 0 Å². The Bertz CT molecular complexity index is 895. The summed E-state index contributed by atoms with van der Waals surface area (Å²) in [5.41, 5.74) is 11.1. The summed E-state index contributed by atoms with van der Waals surface area (Å²) < 4.78 is 0. The van der Waals surface area contributed by atoms with Gasteiger partial charge < -0.3 is 42.6 Å². The molecule has 1 aromatic rings. The number of H-pyrrole nitrogens is 1. The minimum atomic E-state index is -1.62. The lowest BCUT2D eigenvalue weighted by Gasteiger charge is -2.24. The van der Waals surface area contributed by atoms with Crippen LogP contribution in [0.15, 0.2) is 12.5 Å². The molecule has 34 heavy (non-hydrogen) atoms. The van der Waals surface area contributed by atoms with Crippen molar-refractivity contribution in [3.8, 4) is 0 Å². The molecule has 0 saturated heterocycles. The third-order valence-corrected chi connectivity index (χ3v) is 4.82. The van der Waals surface area contributed by atoms with Gasteiger partial charge in [0.05, 0.1) is 18.8 Å². The maximum absolute atomic E-state index is 12.8. The third kappa shape index (κ3) is 9.86. The smallest absolute Gasteiger partial charge is 0.327 e. The van der Waals surface area contributed by atoms with E-state index < -0.39 is 66.2 Å². The van der Waals surface area contributed by atoms with E-state index in [1.165, 1.54) is 12.5 Å². The van der Waals surface area contributed by atoms with Crippen LogP contribution in [-0.4, -0.2) is 85.7 Å². The number of imidazole rings is 1. The Morgan fingerprint density at radius 2 is 1.59 bits per heavy atom. The topological polar surface area (TPSA) is 260 Å². The zero-order valence-electron chi connectivity index (χ0n) is 17.9. The van der Waals surface area contributed by atoms with Gasteiger partial charge in [0.2, 0.25) is 23.6 Å². The molecule has 0 aromatic carbocycles. The second-order valence-electron chi connectivity index (χ2n) is 7.19. The van der Waals surface area contributed by atoms with Crippen molar-refractivity contribution in [1.29, 1.82) is 0 Å². The standard InChI is InChI=1S/C18H27N7O8S/c19-9(1-2-13(20)26)15(29)23-11(4-14(27)28)17(31)24-10(3-8-5-21-7-22-8)16(30)25-12(6-34)18(32)33/h5,7,9-12,34H,1-4,6,19H2,(H2,20,26)(H,21,22)(H,23,29)(H,24,31)(H,25,30)(H,27,28)(H,32,33). The molecule has 4 unspecified atom stereocenters. The van der Waals surface area contributed by atoms with Crippen molar-refractivity contribution in [2.75, 3.05) is 5.75 Å². The van der Waals surface area contributed by atoms with Gasteiger partial charge in [-0.25, -0.2) is 9.78 Å². The number of hydrogen-bond acceptors (Lipinski definition) is 9. The molecule has 0 fully saturated rings. The SMILES string of the molecule is NC(=O)CCC(N)C(=O)NC(CC(=O)O)C(=O)NC(Cc1cnc[nH]1)C(=O)NC(CS)C(=O)O. The molecule has 0 bridgehead atoms. The van der Waals surface area contributed by atoms with E-state index in [2.05, 4.69) is 38.5 Å². The van der Waals surface area contributed by atoms with Crippen molar-refractivity contribution in [3.05, 3.63) is 18.2 Å². The van der Waals surface area contributed by atoms with Crippen LogP contribution in [0.5, 0.6) is 0 Å². The summed E-state index contributed by atoms with van der Waals surface area (Å²) in [6.07, 6.45) is 1.37. The monoisotopic (exact) mass is 501 g/mol. The first-order valence-electron chi connectivity index (χ1n) is 9.92. The van der Waals surface area contributed by atoms with Crippen LogP contribution in [-0.2, 0) is 35.2 Å². The number of primary amides is 1. The Kier molecular flexibility index (Phi) is 11.5. The van der Waals surface area contributed by atoms with E-state index in [9.17, 15) is 28.8 Å². The van der Waals surface area contributed by atoms with Gasteiger partial charge in [0.1, 0.15) is 18.1 Å². The number of rotatable bonds is 15. The zero-order valence-corrected chi connectivity index (χ0v) is 18.8. The fourth-order valence-corrected chi connectivity index (χ4v) is 2.89. The average molecular weight is 502 g/mol. The van der Waals surface area contributed by atoms with Gasteiger partial charge >= 0.3 is 11.9 Å². The number of nitrogens with two attached hydrogens (primary N) is 2. The van der Waals surface area contributed by atoms with Crippen molar-refractivity contribution >= 4 is 48.2 Å². The molecule has 0 aliphatic rings. The lowest BCUT2D eigenvalue weighted by molar-refractivity contribution is -0.142. The second kappa shape index (κ2) is 13.8. The molecule has 10 N–H and O–H groups in total. The van der Waals surface area contributed by atoms with Gasteiger partial charge in [-0.2, -0.15) is 12.6 Å². The number of aromatic amines is 1. The highest BCUT2D eigenvalue weighted by Crippen LogP contribution is 2.04. The summed E-state index contributed by atoms with van der Waals surface area (Å²) in [4.78, 5) is 77.6. The summed E-state index contributed by atoms with van der Waals surface area (Å²) in [5.74, 6) is -6.53. The number of hydrogen-bond donors (Lipinski definition) is 9. The maximum atomic E-state index is 12.8. The fourth-order valence-electron chi connectivity index (χ4n) is 2.65. The van der Waals surface area contributed by atoms with Crippen molar-refractivity contribution in [1.82, 2.24) is 25.9 Å². The summed E-state index contributed by atoms with van der Waals surface area (Å²) >= 11 is 3.86. The number of aliphatic carboxylic acids is 2. The van der Waals surface area contributed by atoms with Crippen molar-refractivity contribution < 1.29 is 39.0 Å². The average Bonchev–Trinajstić information content (AvgIpc) is 3.26. The molecule has 1 rings (SSSR count). The van der Waals surface area contributed by atoms with Gasteiger partial charge in [-0.05, 0) is 6.42 Å². The van der Waals surface area contributed by atoms with Gasteiger partial charge in [0, 0.05) is 30.5 Å². The Hall–Kier alpha value is -3.66. The molecule has 1 heterocycles. The van der Waals surface area contributed by atoms with Crippen molar-refractivity contribution in [2.24, 2.45) is 11.5 Å². The van der Waals surface area contributed by atoms with Gasteiger partial charge in [-0.1, -0.05) is 0 Å². The number of carbonyl (C=O) groups is 6. The summed E-state index contributed by atoms with van der Waals surface area (Å²) in [7, 11) is 0. The van der Waals surface area contributed by atoms with E-state index in [0.717, 1.165) is 0 Å². The van der Waals surface area contributed by atoms with E-state index in [0.29, 0.717) is 5.69 Å². The molecule has 16 heteroatoms. The number of amides is 4. The lowest BCUT2D eigenvalue weighted by Crippen LogP contribution is -2.58. The minimum Gasteiger partial charge on any atom is -0.481 e. The molecular weight excluding hydrogens is 474 g/mol. The highest BCUT2D eigenvalue weighted by atomic mass is 32.1. The molecular formula is C18H27N7O8S. The van der Waals surface area contributed by atoms with Crippen LogP contribution in [0, 0.1) is 0 Å². The molecule has 0 aliphatic heterocycles. The fraction of sp³-hybridized carbons (Fsp3) is 0.500. The molecule has 188 valence electrons. The van der Waals surface area contributed by atoms with Gasteiger partial charge in [0.25, 0.3) is 0 Å². The first kappa shape index (κ1) is 28.4. The predicted octanol–water partition coefficient (Wildman–Crippen LogP) is -3.51. The number of carbonyl (C=O) groups excluding carboxylic acids is 4. The number of aromatic nitrogens is 2. The third-order valence-electron chi connectivity index (χ3n) is 4.46. The van der Waals surface area contributed by atoms with Crippen molar-refractivity contribution in [2.45, 2.75) is 49.9 Å². The number of nitrogens with zero attached hydrogens (tertiary/aromatic N) is 1. The molecule has 0 saturated carbocycles. The van der Waals surface area contributed by atoms with Gasteiger partial charge in [-0.3, -0.25) is 24.0 Å². The molecule has 1 aromatic heterocycles. The first-order chi connectivity index (χ1) is 15.9. The molecule has 4 amide bonds. The van der Waals surface area contributed by atoms with Crippen LogP contribution in [0.25, 0.3) is 0 Å². The lowest BCUT2D eigenvalue weighted by atomic mass is 10.1. The Labute approximate surface area is 198 Å². The molecule has 0 radical (unpaired) electrons. The van der Waals surface area contributed by atoms with Crippen LogP contribution in [0.1, 0.15) is 25.0 Å². The summed E-state index contributed by atoms with van der Waals surface area (Å²) in [6, 6.07) is -5.57. The van der Waals surface area contributed by atoms with Crippen LogP contribution in [0.3, 0.4) is 0 Å². The first-order valence-corrected chi connectivity index (χ1v) is 10.6. The molecule has 0 aliphatic carbocycles. The van der Waals surface area contributed by atoms with Crippen LogP contribution in [0.2, 0.25) is 0 Å². The Morgan fingerprint density at radius 1 is 1.00 bits per heavy atom. The molecule has 15 nitrogen and oxygen atoms in total. The van der Waals surface area contributed by atoms with E-state index in [4.69, 9.17) is 21.7 Å². The summed E-state index contributed by atoms with van der Waals surface area (Å²) in [6.45, 7) is 0. The summed E-state index contributed by atoms with van der Waals surface area (Å²) in [5, 5.41) is 25.0. The maximum Gasteiger partial charge on any atom is 0.327 e. The quantitative estimate of drug-likeness (QED) is 0.107. The van der Waals surface area contributed by atoms with E-state index in [1.807, 2.05) is 0 Å². The zero-order chi connectivity index (χ0) is 25.8. The largest absolute Gasteiger partial charge is 0.481 e. The second-order valence-corrected chi connectivity index (χ2v) is 7.56. The van der Waals surface area contributed by atoms with Crippen molar-refractivity contribution in [3.63, 3.8) is 0 Å².